The number of anilines is 1. The van der Waals surface area contributed by atoms with Gasteiger partial charge in [-0.15, -0.1) is 5.10 Å². The van der Waals surface area contributed by atoms with Crippen molar-refractivity contribution in [3.8, 4) is 17.1 Å². The molecule has 198 valence electrons. The van der Waals surface area contributed by atoms with Gasteiger partial charge in [0.1, 0.15) is 18.1 Å². The number of hydrogen-bond acceptors (Lipinski definition) is 10. The number of ketones is 1. The minimum absolute atomic E-state index is 0.0644. The van der Waals surface area contributed by atoms with Gasteiger partial charge in [-0.25, -0.2) is 9.67 Å². The Morgan fingerprint density at radius 2 is 2.05 bits per heavy atom. The molecule has 2 aliphatic rings. The predicted molar refractivity (Wildman–Crippen MR) is 135 cm³/mol. The fourth-order valence-electron chi connectivity index (χ4n) is 5.13. The molecule has 0 spiro atoms. The molecule has 0 aliphatic heterocycles. The first kappa shape index (κ1) is 25.3. The van der Waals surface area contributed by atoms with E-state index in [1.54, 1.807) is 4.68 Å². The molecule has 11 heteroatoms. The second kappa shape index (κ2) is 11.4. The molecule has 2 aliphatic carbocycles. The number of ether oxygens (including phenoxy) is 1. The average Bonchev–Trinajstić information content (AvgIpc) is 3.48. The van der Waals surface area contributed by atoms with Crippen molar-refractivity contribution in [1.29, 1.82) is 0 Å². The van der Waals surface area contributed by atoms with Crippen LogP contribution in [0.3, 0.4) is 0 Å². The molecule has 0 amide bonds. The van der Waals surface area contributed by atoms with Crippen molar-refractivity contribution in [2.75, 3.05) is 11.9 Å². The molecule has 2 N–H and O–H groups in total. The molecule has 0 saturated heterocycles. The van der Waals surface area contributed by atoms with Crippen LogP contribution in [0.2, 0.25) is 0 Å². The molecule has 0 unspecified atom stereocenters. The molecule has 37 heavy (non-hydrogen) atoms. The normalized spacial score (nSPS) is 20.0. The minimum atomic E-state index is -0.406. The molecular formula is C26H35N7O4. The van der Waals surface area contributed by atoms with Gasteiger partial charge < -0.3 is 19.7 Å². The molecule has 2 saturated carbocycles. The summed E-state index contributed by atoms with van der Waals surface area (Å²) in [4.78, 5) is 21.1. The maximum Gasteiger partial charge on any atom is 0.263 e. The van der Waals surface area contributed by atoms with E-state index >= 15 is 0 Å². The van der Waals surface area contributed by atoms with E-state index in [1.807, 2.05) is 26.1 Å². The van der Waals surface area contributed by atoms with Crippen molar-refractivity contribution >= 4 is 11.7 Å². The molecule has 0 aromatic carbocycles. The highest BCUT2D eigenvalue weighted by Gasteiger charge is 2.28. The Balaban J connectivity index is 1.22. The summed E-state index contributed by atoms with van der Waals surface area (Å²) in [6.45, 7) is 1.91. The Labute approximate surface area is 216 Å². The number of aliphatic hydroxyl groups excluding tert-OH is 1. The van der Waals surface area contributed by atoms with Crippen molar-refractivity contribution in [3.05, 3.63) is 29.4 Å². The SMILES string of the molecule is Cc1nc(-c2nnn(C)c2CNc2noc(CCC3CCC3)n2)ccc1O[C@H]1CCC[C@H](C(=O)CO)C1. The zero-order valence-electron chi connectivity index (χ0n) is 21.5. The Bertz CT molecular complexity index is 1220. The lowest BCUT2D eigenvalue weighted by Gasteiger charge is -2.28. The fourth-order valence-corrected chi connectivity index (χ4v) is 5.13. The van der Waals surface area contributed by atoms with E-state index in [2.05, 4.69) is 25.8 Å². The lowest BCUT2D eigenvalue weighted by Crippen LogP contribution is -2.31. The number of nitrogens with one attached hydrogen (secondary N) is 1. The predicted octanol–water partition coefficient (Wildman–Crippen LogP) is 3.41. The zero-order valence-corrected chi connectivity index (χ0v) is 21.5. The van der Waals surface area contributed by atoms with Crippen molar-refractivity contribution in [2.45, 2.75) is 77.4 Å². The first-order chi connectivity index (χ1) is 18.0. The summed E-state index contributed by atoms with van der Waals surface area (Å²) in [5.41, 5.74) is 2.96. The number of hydrogen-bond donors (Lipinski definition) is 2. The summed E-state index contributed by atoms with van der Waals surface area (Å²) in [5.74, 6) is 2.37. The highest BCUT2D eigenvalue weighted by atomic mass is 16.5. The van der Waals surface area contributed by atoms with Crippen LogP contribution in [0.15, 0.2) is 16.7 Å². The lowest BCUT2D eigenvalue weighted by atomic mass is 9.82. The third-order valence-corrected chi connectivity index (χ3v) is 7.63. The Morgan fingerprint density at radius 3 is 2.81 bits per heavy atom. The van der Waals surface area contributed by atoms with Gasteiger partial charge in [0, 0.05) is 19.4 Å². The summed E-state index contributed by atoms with van der Waals surface area (Å²) >= 11 is 0. The van der Waals surface area contributed by atoms with Gasteiger partial charge in [-0.05, 0) is 62.2 Å². The Hall–Kier alpha value is -3.34. The first-order valence-electron chi connectivity index (χ1n) is 13.2. The van der Waals surface area contributed by atoms with Gasteiger partial charge in [-0.3, -0.25) is 4.79 Å². The molecule has 0 bridgehead atoms. The average molecular weight is 510 g/mol. The Kier molecular flexibility index (Phi) is 7.78. The van der Waals surface area contributed by atoms with Crippen LogP contribution in [0.25, 0.3) is 11.4 Å². The number of pyridine rings is 1. The summed E-state index contributed by atoms with van der Waals surface area (Å²) < 4.78 is 13.3. The molecule has 2 fully saturated rings. The van der Waals surface area contributed by atoms with Crippen LogP contribution in [-0.4, -0.2) is 53.7 Å². The lowest BCUT2D eigenvalue weighted by molar-refractivity contribution is -0.127. The van der Waals surface area contributed by atoms with E-state index in [1.165, 1.54) is 19.3 Å². The van der Waals surface area contributed by atoms with Gasteiger partial charge in [0.05, 0.1) is 29.7 Å². The topological polar surface area (TPSA) is 141 Å². The smallest absolute Gasteiger partial charge is 0.263 e. The number of aliphatic hydroxyl groups is 1. The summed E-state index contributed by atoms with van der Waals surface area (Å²) in [6.07, 6.45) is 9.03. The van der Waals surface area contributed by atoms with Crippen LogP contribution >= 0.6 is 0 Å². The van der Waals surface area contributed by atoms with Gasteiger partial charge in [-0.1, -0.05) is 24.5 Å². The second-order valence-electron chi connectivity index (χ2n) is 10.2. The number of aryl methyl sites for hydroxylation is 3. The summed E-state index contributed by atoms with van der Waals surface area (Å²) in [7, 11) is 1.84. The van der Waals surface area contributed by atoms with Crippen LogP contribution in [-0.2, 0) is 24.8 Å². The van der Waals surface area contributed by atoms with E-state index in [4.69, 9.17) is 14.2 Å². The monoisotopic (exact) mass is 509 g/mol. The van der Waals surface area contributed by atoms with Crippen LogP contribution in [0, 0.1) is 18.8 Å². The number of carbonyl (C=O) groups is 1. The summed E-state index contributed by atoms with van der Waals surface area (Å²) in [6, 6.07) is 3.77. The molecule has 3 heterocycles. The highest BCUT2D eigenvalue weighted by molar-refractivity contribution is 5.82. The van der Waals surface area contributed by atoms with Crippen molar-refractivity contribution in [3.63, 3.8) is 0 Å². The summed E-state index contributed by atoms with van der Waals surface area (Å²) in [5, 5.41) is 25.0. The largest absolute Gasteiger partial charge is 0.489 e. The third-order valence-electron chi connectivity index (χ3n) is 7.63. The molecule has 2 atom stereocenters. The molecular weight excluding hydrogens is 474 g/mol. The number of nitrogens with zero attached hydrogens (tertiary/aromatic N) is 6. The number of rotatable bonds is 11. The van der Waals surface area contributed by atoms with E-state index in [-0.39, 0.29) is 17.8 Å². The van der Waals surface area contributed by atoms with Gasteiger partial charge in [0.25, 0.3) is 5.95 Å². The van der Waals surface area contributed by atoms with Crippen LogP contribution in [0.4, 0.5) is 5.95 Å². The van der Waals surface area contributed by atoms with E-state index < -0.39 is 6.61 Å². The minimum Gasteiger partial charge on any atom is -0.489 e. The van der Waals surface area contributed by atoms with Crippen molar-refractivity contribution in [2.24, 2.45) is 18.9 Å². The quantitative estimate of drug-likeness (QED) is 0.395. The van der Waals surface area contributed by atoms with E-state index in [9.17, 15) is 9.90 Å². The van der Waals surface area contributed by atoms with Crippen LogP contribution in [0.5, 0.6) is 5.75 Å². The van der Waals surface area contributed by atoms with Gasteiger partial charge in [0.2, 0.25) is 5.89 Å². The molecule has 5 rings (SSSR count). The molecule has 3 aromatic heterocycles. The zero-order chi connectivity index (χ0) is 25.8. The molecule has 3 aromatic rings. The second-order valence-corrected chi connectivity index (χ2v) is 10.2. The number of Topliss-reactive ketones (excluding diaryl/α,β-unsaturated/α-hetero) is 1. The Morgan fingerprint density at radius 1 is 1.22 bits per heavy atom. The van der Waals surface area contributed by atoms with E-state index in [0.717, 1.165) is 49.4 Å². The number of carbonyl (C=O) groups excluding carboxylic acids is 1. The molecule has 11 nitrogen and oxygen atoms in total. The maximum atomic E-state index is 11.9. The van der Waals surface area contributed by atoms with Gasteiger partial charge >= 0.3 is 0 Å². The molecule has 0 radical (unpaired) electrons. The third kappa shape index (κ3) is 5.98. The van der Waals surface area contributed by atoms with Crippen molar-refractivity contribution < 1.29 is 19.2 Å². The van der Waals surface area contributed by atoms with Gasteiger partial charge in [0.15, 0.2) is 5.78 Å². The van der Waals surface area contributed by atoms with Crippen molar-refractivity contribution in [1.82, 2.24) is 30.1 Å². The fraction of sp³-hybridized carbons (Fsp3) is 0.615. The maximum absolute atomic E-state index is 11.9. The van der Waals surface area contributed by atoms with Gasteiger partial charge in [-0.2, -0.15) is 4.98 Å². The standard InChI is InChI=1S/C26H35N7O4/c1-16-23(36-19-8-4-7-18(13-19)22(35)15-34)11-10-20(28-16)25-21(33(2)32-30-25)14-27-26-29-24(37-31-26)12-9-17-5-3-6-17/h10-11,17-19,34H,3-9,12-15H2,1-2H3,(H,27,31)/t18-,19-/m0/s1. The highest BCUT2D eigenvalue weighted by Crippen LogP contribution is 2.32. The van der Waals surface area contributed by atoms with Crippen LogP contribution < -0.4 is 10.1 Å². The van der Waals surface area contributed by atoms with E-state index in [0.29, 0.717) is 41.9 Å². The van der Waals surface area contributed by atoms with Crippen LogP contribution in [0.1, 0.15) is 68.6 Å². The number of aromatic nitrogens is 6. The first-order valence-corrected chi connectivity index (χ1v) is 13.2.